The van der Waals surface area contributed by atoms with Crippen molar-refractivity contribution in [3.05, 3.63) is 23.9 Å². The summed E-state index contributed by atoms with van der Waals surface area (Å²) in [5.41, 5.74) is 0.661. The number of hydrogen-bond donors (Lipinski definition) is 1. The van der Waals surface area contributed by atoms with Crippen LogP contribution in [0.15, 0.2) is 18.3 Å². The van der Waals surface area contributed by atoms with Crippen LogP contribution in [0.25, 0.3) is 0 Å². The van der Waals surface area contributed by atoms with Crippen molar-refractivity contribution in [2.45, 2.75) is 12.8 Å². The van der Waals surface area contributed by atoms with Crippen molar-refractivity contribution in [1.29, 1.82) is 0 Å². The van der Waals surface area contributed by atoms with E-state index in [4.69, 9.17) is 4.74 Å². The molecule has 0 unspecified atom stereocenters. The lowest BCUT2D eigenvalue weighted by molar-refractivity contribution is 0.0570. The van der Waals surface area contributed by atoms with Crippen LogP contribution in [0.3, 0.4) is 0 Å². The summed E-state index contributed by atoms with van der Waals surface area (Å²) in [4.78, 5) is 18.8. The number of carbonyl (C=O) groups excluding carboxylic acids is 1. The van der Waals surface area contributed by atoms with E-state index >= 15 is 0 Å². The van der Waals surface area contributed by atoms with Gasteiger partial charge in [0.15, 0.2) is 0 Å². The molecule has 2 rings (SSSR count). The molecule has 1 atom stereocenters. The highest BCUT2D eigenvalue weighted by Gasteiger charge is 2.24. The fourth-order valence-electron chi connectivity index (χ4n) is 2.71. The summed E-state index contributed by atoms with van der Waals surface area (Å²) in [6, 6.07) is 3.74. The molecule has 0 saturated carbocycles. The van der Waals surface area contributed by atoms with Gasteiger partial charge in [-0.3, -0.25) is 4.79 Å². The van der Waals surface area contributed by atoms with E-state index in [1.54, 1.807) is 25.1 Å². The number of amides is 1. The molecule has 1 saturated heterocycles. The van der Waals surface area contributed by atoms with Gasteiger partial charge in [-0.1, -0.05) is 0 Å². The maximum Gasteiger partial charge on any atom is 0.255 e. The van der Waals surface area contributed by atoms with Crippen molar-refractivity contribution >= 4 is 23.5 Å². The highest BCUT2D eigenvalue weighted by Crippen LogP contribution is 2.19. The molecule has 1 aromatic heterocycles. The molecule has 0 aromatic carbocycles. The van der Waals surface area contributed by atoms with Crippen molar-refractivity contribution in [1.82, 2.24) is 9.88 Å². The minimum Gasteiger partial charge on any atom is -0.384 e. The number of pyridine rings is 1. The zero-order valence-electron chi connectivity index (χ0n) is 13.4. The van der Waals surface area contributed by atoms with Crippen LogP contribution >= 0.6 is 11.8 Å². The average Bonchev–Trinajstić information content (AvgIpc) is 2.56. The van der Waals surface area contributed by atoms with E-state index in [0.29, 0.717) is 11.5 Å². The second kappa shape index (κ2) is 9.00. The Morgan fingerprint density at radius 1 is 1.55 bits per heavy atom. The van der Waals surface area contributed by atoms with Gasteiger partial charge in [0.25, 0.3) is 5.91 Å². The van der Waals surface area contributed by atoms with Crippen LogP contribution in [0.4, 0.5) is 5.82 Å². The third-order valence-corrected chi connectivity index (χ3v) is 4.44. The number of carbonyl (C=O) groups is 1. The summed E-state index contributed by atoms with van der Waals surface area (Å²) >= 11 is 1.79. The van der Waals surface area contributed by atoms with Crippen molar-refractivity contribution < 1.29 is 9.53 Å². The van der Waals surface area contributed by atoms with E-state index in [0.717, 1.165) is 50.7 Å². The summed E-state index contributed by atoms with van der Waals surface area (Å²) < 4.78 is 5.22. The molecule has 0 bridgehead atoms. The topological polar surface area (TPSA) is 54.5 Å². The Labute approximate surface area is 136 Å². The Morgan fingerprint density at radius 2 is 2.41 bits per heavy atom. The van der Waals surface area contributed by atoms with E-state index < -0.39 is 0 Å². The Hall–Kier alpha value is -1.27. The minimum atomic E-state index is 0.0731. The first-order chi connectivity index (χ1) is 10.7. The molecule has 1 aliphatic heterocycles. The summed E-state index contributed by atoms with van der Waals surface area (Å²) in [5, 5.41) is 3.24. The Morgan fingerprint density at radius 3 is 3.09 bits per heavy atom. The highest BCUT2D eigenvalue weighted by molar-refractivity contribution is 7.98. The third-order valence-electron chi connectivity index (χ3n) is 3.83. The molecule has 0 radical (unpaired) electrons. The fourth-order valence-corrected chi connectivity index (χ4v) is 3.02. The van der Waals surface area contributed by atoms with Crippen LogP contribution in [0.5, 0.6) is 0 Å². The second-order valence-electron chi connectivity index (χ2n) is 5.57. The number of likely N-dealkylation sites (tertiary alicyclic amines) is 1. The molecule has 1 N–H and O–H groups in total. The first kappa shape index (κ1) is 17.1. The lowest BCUT2D eigenvalue weighted by Crippen LogP contribution is -2.41. The van der Waals surface area contributed by atoms with Crippen LogP contribution in [0, 0.1) is 5.92 Å². The van der Waals surface area contributed by atoms with Gasteiger partial charge in [0, 0.05) is 38.7 Å². The molecular formula is C16H25N3O2S. The molecule has 22 heavy (non-hydrogen) atoms. The van der Waals surface area contributed by atoms with E-state index in [9.17, 15) is 4.79 Å². The van der Waals surface area contributed by atoms with Gasteiger partial charge in [-0.25, -0.2) is 4.98 Å². The van der Waals surface area contributed by atoms with Crippen molar-refractivity contribution in [2.24, 2.45) is 5.92 Å². The monoisotopic (exact) mass is 323 g/mol. The Bertz CT molecular complexity index is 465. The smallest absolute Gasteiger partial charge is 0.255 e. The number of hydrogen-bond acceptors (Lipinski definition) is 5. The predicted molar refractivity (Wildman–Crippen MR) is 91.6 cm³/mol. The second-order valence-corrected chi connectivity index (χ2v) is 6.55. The van der Waals surface area contributed by atoms with Gasteiger partial charge in [0.05, 0.1) is 12.2 Å². The van der Waals surface area contributed by atoms with E-state index in [1.807, 2.05) is 17.0 Å². The van der Waals surface area contributed by atoms with E-state index in [2.05, 4.69) is 16.6 Å². The van der Waals surface area contributed by atoms with Crippen LogP contribution in [0.2, 0.25) is 0 Å². The Balaban J connectivity index is 1.91. The maximum absolute atomic E-state index is 12.5. The van der Waals surface area contributed by atoms with Gasteiger partial charge in [0.1, 0.15) is 5.82 Å². The first-order valence-corrected chi connectivity index (χ1v) is 9.11. The molecule has 6 heteroatoms. The predicted octanol–water partition coefficient (Wildman–Crippen LogP) is 2.36. The van der Waals surface area contributed by atoms with Gasteiger partial charge in [-0.15, -0.1) is 0 Å². The van der Waals surface area contributed by atoms with Gasteiger partial charge in [0.2, 0.25) is 0 Å². The summed E-state index contributed by atoms with van der Waals surface area (Å²) in [6.07, 6.45) is 5.92. The third kappa shape index (κ3) is 4.88. The van der Waals surface area contributed by atoms with Crippen LogP contribution in [-0.4, -0.2) is 61.2 Å². The number of aromatic nitrogens is 1. The molecular weight excluding hydrogens is 298 g/mol. The number of nitrogens with zero attached hydrogens (tertiary/aromatic N) is 2. The maximum atomic E-state index is 12.5. The number of anilines is 1. The first-order valence-electron chi connectivity index (χ1n) is 7.71. The summed E-state index contributed by atoms with van der Waals surface area (Å²) in [7, 11) is 1.72. The molecule has 5 nitrogen and oxygen atoms in total. The Kier molecular flexibility index (Phi) is 6.99. The average molecular weight is 323 g/mol. The van der Waals surface area contributed by atoms with Gasteiger partial charge in [-0.2, -0.15) is 11.8 Å². The van der Waals surface area contributed by atoms with Crippen LogP contribution in [0.1, 0.15) is 23.2 Å². The van der Waals surface area contributed by atoms with Gasteiger partial charge >= 0.3 is 0 Å². The zero-order chi connectivity index (χ0) is 15.8. The number of piperidine rings is 1. The van der Waals surface area contributed by atoms with E-state index in [1.165, 1.54) is 0 Å². The molecule has 1 fully saturated rings. The van der Waals surface area contributed by atoms with Crippen molar-refractivity contribution in [3.63, 3.8) is 0 Å². The molecule has 1 aliphatic rings. The number of rotatable bonds is 7. The lowest BCUT2D eigenvalue weighted by Gasteiger charge is -2.32. The largest absolute Gasteiger partial charge is 0.384 e. The van der Waals surface area contributed by atoms with E-state index in [-0.39, 0.29) is 5.91 Å². The van der Waals surface area contributed by atoms with Crippen LogP contribution < -0.4 is 5.32 Å². The molecule has 0 aliphatic carbocycles. The molecule has 1 aromatic rings. The quantitative estimate of drug-likeness (QED) is 0.781. The number of methoxy groups -OCH3 is 1. The van der Waals surface area contributed by atoms with Crippen LogP contribution in [-0.2, 0) is 4.74 Å². The molecule has 122 valence electrons. The SMILES string of the molecule is COC[C@@H]1CCCN(C(=O)c2ccc(NCCSC)nc2)C1. The summed E-state index contributed by atoms with van der Waals surface area (Å²) in [5.74, 6) is 2.38. The number of thioether (sulfide) groups is 1. The van der Waals surface area contributed by atoms with Crippen molar-refractivity contribution in [2.75, 3.05) is 50.7 Å². The normalized spacial score (nSPS) is 18.3. The minimum absolute atomic E-state index is 0.0731. The van der Waals surface area contributed by atoms with Gasteiger partial charge in [-0.05, 0) is 37.1 Å². The van der Waals surface area contributed by atoms with Gasteiger partial charge < -0.3 is 15.0 Å². The highest BCUT2D eigenvalue weighted by atomic mass is 32.2. The molecule has 1 amide bonds. The zero-order valence-corrected chi connectivity index (χ0v) is 14.2. The fraction of sp³-hybridized carbons (Fsp3) is 0.625. The number of ether oxygens (including phenoxy) is 1. The number of nitrogens with one attached hydrogen (secondary N) is 1. The molecule has 2 heterocycles. The molecule has 0 spiro atoms. The standard InChI is InChI=1S/C16H25N3O2S/c1-21-12-13-4-3-8-19(11-13)16(20)14-5-6-15(18-10-14)17-7-9-22-2/h5-6,10,13H,3-4,7-9,11-12H2,1-2H3,(H,17,18)/t13-/m1/s1. The lowest BCUT2D eigenvalue weighted by atomic mass is 9.98. The van der Waals surface area contributed by atoms with Crippen molar-refractivity contribution in [3.8, 4) is 0 Å². The summed E-state index contributed by atoms with van der Waals surface area (Å²) in [6.45, 7) is 3.21.